The van der Waals surface area contributed by atoms with Crippen molar-refractivity contribution in [2.75, 3.05) is 50.0 Å². The van der Waals surface area contributed by atoms with Crippen molar-refractivity contribution in [2.45, 2.75) is 77.3 Å². The second-order valence-corrected chi connectivity index (χ2v) is 19.4. The van der Waals surface area contributed by atoms with Crippen LogP contribution < -0.4 is 21.7 Å². The number of likely N-dealkylation sites (tertiary alicyclic amines) is 2. The smallest absolute Gasteiger partial charge is 0.419 e. The molecule has 2 aliphatic heterocycles. The van der Waals surface area contributed by atoms with E-state index in [1.165, 1.54) is 78.6 Å². The first kappa shape index (κ1) is 58.5. The van der Waals surface area contributed by atoms with Gasteiger partial charge < -0.3 is 41.0 Å². The first-order valence-electron chi connectivity index (χ1n) is 24.4. The molecule has 2 saturated heterocycles. The van der Waals surface area contributed by atoms with Gasteiger partial charge in [-0.3, -0.25) is 19.2 Å². The highest BCUT2D eigenvalue weighted by molar-refractivity contribution is 6.31. The van der Waals surface area contributed by atoms with Crippen LogP contribution >= 0.6 is 35.6 Å². The zero-order valence-corrected chi connectivity index (χ0v) is 43.9. The van der Waals surface area contributed by atoms with E-state index in [9.17, 15) is 46.3 Å². The van der Waals surface area contributed by atoms with E-state index in [4.69, 9.17) is 38.4 Å². The Morgan fingerprint density at radius 3 is 1.58 bits per heavy atom. The predicted octanol–water partition coefficient (Wildman–Crippen LogP) is 10.2. The van der Waals surface area contributed by atoms with Crippen molar-refractivity contribution < 1.29 is 55.8 Å². The van der Waals surface area contributed by atoms with Crippen molar-refractivity contribution >= 4 is 82.8 Å². The van der Waals surface area contributed by atoms with Gasteiger partial charge in [0.25, 0.3) is 11.8 Å². The number of carbonyl (C=O) groups is 6. The molecule has 23 heteroatoms. The SMILES string of the molecule is CC(=O)N1CCC(COC(=O)N[C@H]2CCc3c(C(=O)Nc4ccc(F)c(Cl)c4)ccc(F)c32)CC1.CC(=O)N1CCC(COC(=O)n2ccnc2)CC1.Cl.N[C@H]1CCc2c(C(=O)Nc3ccc(F)c(Cl)c3)ccc(F)c21. The number of fused-ring (bicyclic) bond motifs is 2. The Morgan fingerprint density at radius 2 is 1.11 bits per heavy atom. The molecule has 16 nitrogen and oxygen atoms in total. The van der Waals surface area contributed by atoms with Crippen molar-refractivity contribution in [3.63, 3.8) is 0 Å². The molecular weight excluding hydrogens is 1060 g/mol. The molecule has 5 aromatic rings. The molecule has 5 amide bonds. The third kappa shape index (κ3) is 15.0. The molecule has 1 aromatic heterocycles. The number of alkyl carbamates (subject to hydrolysis) is 1. The molecule has 76 heavy (non-hydrogen) atoms. The van der Waals surface area contributed by atoms with Gasteiger partial charge in [-0.2, -0.15) is 0 Å². The third-order valence-corrected chi connectivity index (χ3v) is 14.2. The van der Waals surface area contributed by atoms with E-state index in [0.717, 1.165) is 44.8 Å². The molecule has 0 saturated carbocycles. The maximum atomic E-state index is 14.7. The summed E-state index contributed by atoms with van der Waals surface area (Å²) in [5, 5.41) is 7.80. The number of nitrogens with one attached hydrogen (secondary N) is 3. The van der Waals surface area contributed by atoms with Crippen LogP contribution in [0.1, 0.15) is 107 Å². The van der Waals surface area contributed by atoms with Gasteiger partial charge in [0.15, 0.2) is 0 Å². The fraction of sp³-hybridized carbons (Fsp3) is 0.377. The molecule has 0 bridgehead atoms. The molecule has 2 atom stereocenters. The van der Waals surface area contributed by atoms with Crippen molar-refractivity contribution in [2.24, 2.45) is 17.6 Å². The maximum Gasteiger partial charge on any atom is 0.419 e. The average Bonchev–Trinajstić information content (AvgIpc) is 4.18. The van der Waals surface area contributed by atoms with Gasteiger partial charge >= 0.3 is 12.2 Å². The number of benzene rings is 4. The molecule has 2 aliphatic carbocycles. The summed E-state index contributed by atoms with van der Waals surface area (Å²) in [5.74, 6) is -2.28. The summed E-state index contributed by atoms with van der Waals surface area (Å²) in [7, 11) is 0. The Hall–Kier alpha value is -6.74. The van der Waals surface area contributed by atoms with Crippen LogP contribution in [0.4, 0.5) is 38.5 Å². The van der Waals surface area contributed by atoms with E-state index >= 15 is 0 Å². The lowest BCUT2D eigenvalue weighted by molar-refractivity contribution is -0.131. The van der Waals surface area contributed by atoms with E-state index in [0.29, 0.717) is 84.9 Å². The van der Waals surface area contributed by atoms with Crippen LogP contribution in [0, 0.1) is 35.1 Å². The van der Waals surface area contributed by atoms with Crippen molar-refractivity contribution in [1.82, 2.24) is 24.7 Å². The quantitative estimate of drug-likeness (QED) is 0.103. The number of amides is 5. The minimum Gasteiger partial charge on any atom is -0.449 e. The van der Waals surface area contributed by atoms with Gasteiger partial charge in [0.05, 0.1) is 29.3 Å². The number of imidazole rings is 1. The van der Waals surface area contributed by atoms with E-state index in [1.54, 1.807) is 18.0 Å². The minimum atomic E-state index is -0.646. The Balaban J connectivity index is 0.000000197. The molecule has 4 aliphatic rings. The van der Waals surface area contributed by atoms with E-state index in [1.807, 2.05) is 4.90 Å². The zero-order chi connectivity index (χ0) is 53.9. The number of carbonyl (C=O) groups excluding carboxylic acids is 6. The zero-order valence-electron chi connectivity index (χ0n) is 41.5. The fourth-order valence-electron chi connectivity index (χ4n) is 9.42. The Morgan fingerprint density at radius 1 is 0.645 bits per heavy atom. The van der Waals surface area contributed by atoms with Crippen LogP contribution in [0.2, 0.25) is 10.0 Å². The van der Waals surface area contributed by atoms with Gasteiger partial charge in [-0.15, -0.1) is 12.4 Å². The number of anilines is 2. The second-order valence-electron chi connectivity index (χ2n) is 18.6. The first-order chi connectivity index (χ1) is 35.9. The number of hydrogen-bond acceptors (Lipinski definition) is 10. The second kappa shape index (κ2) is 26.8. The lowest BCUT2D eigenvalue weighted by Crippen LogP contribution is -2.39. The molecule has 5 N–H and O–H groups in total. The number of piperidine rings is 2. The summed E-state index contributed by atoms with van der Waals surface area (Å²) < 4.78 is 67.0. The lowest BCUT2D eigenvalue weighted by atomic mass is 9.98. The van der Waals surface area contributed by atoms with Crippen LogP contribution in [0.5, 0.6) is 0 Å². The van der Waals surface area contributed by atoms with Crippen molar-refractivity contribution in [3.8, 4) is 0 Å². The van der Waals surface area contributed by atoms with Gasteiger partial charge in [0.1, 0.15) is 29.6 Å². The topological polar surface area (TPSA) is 207 Å². The van der Waals surface area contributed by atoms with Crippen molar-refractivity contribution in [1.29, 1.82) is 0 Å². The highest BCUT2D eigenvalue weighted by Crippen LogP contribution is 2.37. The highest BCUT2D eigenvalue weighted by Gasteiger charge is 2.33. The van der Waals surface area contributed by atoms with Crippen LogP contribution in [-0.4, -0.2) is 94.6 Å². The summed E-state index contributed by atoms with van der Waals surface area (Å²) >= 11 is 11.5. The van der Waals surface area contributed by atoms with Gasteiger partial charge in [0.2, 0.25) is 11.8 Å². The Kier molecular flexibility index (Phi) is 20.7. The van der Waals surface area contributed by atoms with Crippen LogP contribution in [0.25, 0.3) is 0 Å². The molecule has 406 valence electrons. The number of rotatable bonds is 9. The summed E-state index contributed by atoms with van der Waals surface area (Å²) in [6, 6.07) is 12.0. The Bertz CT molecular complexity index is 2920. The number of nitrogens with zero attached hydrogens (tertiary/aromatic N) is 4. The normalized spacial score (nSPS) is 16.8. The van der Waals surface area contributed by atoms with E-state index in [-0.39, 0.29) is 69.8 Å². The molecule has 4 aromatic carbocycles. The van der Waals surface area contributed by atoms with E-state index in [2.05, 4.69) is 20.9 Å². The molecule has 9 rings (SSSR count). The summed E-state index contributed by atoms with van der Waals surface area (Å²) in [4.78, 5) is 79.2. The van der Waals surface area contributed by atoms with Crippen LogP contribution in [0.15, 0.2) is 79.4 Å². The number of nitrogens with two attached hydrogens (primary N) is 1. The van der Waals surface area contributed by atoms with Gasteiger partial charge in [0, 0.05) is 92.1 Å². The molecule has 0 spiro atoms. The molecule has 0 unspecified atom stereocenters. The third-order valence-electron chi connectivity index (χ3n) is 13.6. The summed E-state index contributed by atoms with van der Waals surface area (Å²) in [5.41, 5.74) is 9.03. The van der Waals surface area contributed by atoms with Gasteiger partial charge in [-0.05, 0) is 135 Å². The average molecular weight is 1120 g/mol. The number of ether oxygens (including phenoxy) is 2. The molecule has 0 radical (unpaired) electrons. The number of aromatic nitrogens is 2. The van der Waals surface area contributed by atoms with Gasteiger partial charge in [-0.25, -0.2) is 36.7 Å². The predicted molar refractivity (Wildman–Crippen MR) is 278 cm³/mol. The van der Waals surface area contributed by atoms with Crippen LogP contribution in [-0.2, 0) is 31.9 Å². The van der Waals surface area contributed by atoms with Crippen molar-refractivity contribution in [3.05, 3.63) is 146 Å². The summed E-state index contributed by atoms with van der Waals surface area (Å²) in [6.07, 6.45) is 8.73. The monoisotopic (exact) mass is 1110 g/mol. The summed E-state index contributed by atoms with van der Waals surface area (Å²) in [6.45, 7) is 6.54. The molecule has 3 heterocycles. The molecule has 2 fully saturated rings. The van der Waals surface area contributed by atoms with Gasteiger partial charge in [-0.1, -0.05) is 23.2 Å². The number of halogens is 7. The standard InChI is InChI=1S/C25H26ClF2N3O4.C16H13ClF2N2O.C12H17N3O3.ClH/c1-14(32)31-10-8-15(9-11-31)13-35-25(34)30-22-7-4-17-18(3-6-21(28)23(17)22)24(33)29-16-2-5-20(27)19(26)12-16;17-11-7-8(1-4-12(11)18)21-16(22)10-2-5-13(19)15-9(10)3-6-14(15)20;1-10(16)14-5-2-11(3-6-14)8-18-12(17)15-7-4-13-9-15;/h2-3,5-6,12,15,22H,4,7-11,13H2,1H3,(H,29,33)(H,30,34);1-2,4-5,7,14H,3,6,20H2,(H,21,22);4,7,9,11H,2-3,5-6,8H2,1H3;1H/t22-;14-;;/m00../s1. The fourth-order valence-corrected chi connectivity index (χ4v) is 9.78. The van der Waals surface area contributed by atoms with Crippen LogP contribution in [0.3, 0.4) is 0 Å². The maximum absolute atomic E-state index is 14.7. The Labute approximate surface area is 452 Å². The molecular formula is C53H57Cl3F4N8O8. The minimum absolute atomic E-state index is 0. The van der Waals surface area contributed by atoms with E-state index < -0.39 is 47.5 Å². The highest BCUT2D eigenvalue weighted by atomic mass is 35.5. The first-order valence-corrected chi connectivity index (χ1v) is 25.1. The lowest BCUT2D eigenvalue weighted by Gasteiger charge is -2.31. The largest absolute Gasteiger partial charge is 0.449 e. The number of hydrogen-bond donors (Lipinski definition) is 4.